The fraction of sp³-hybridized carbons (Fsp3) is 0.600. The Hall–Kier alpha value is -1.67. The van der Waals surface area contributed by atoms with Gasteiger partial charge in [-0.15, -0.1) is 0 Å². The van der Waals surface area contributed by atoms with E-state index in [0.717, 1.165) is 31.7 Å². The molecule has 1 fully saturated rings. The second-order valence-electron chi connectivity index (χ2n) is 6.03. The predicted molar refractivity (Wildman–Crippen MR) is 86.0 cm³/mol. The molecule has 2 rings (SSSR count). The molecular formula is C15H22N2O5S. The van der Waals surface area contributed by atoms with Crippen LogP contribution in [-0.2, 0) is 10.0 Å². The number of hydrogen-bond donors (Lipinski definition) is 0. The average molecular weight is 342 g/mol. The lowest BCUT2D eigenvalue weighted by molar-refractivity contribution is -0.387. The third-order valence-corrected chi connectivity index (χ3v) is 6.48. The molecule has 1 saturated carbocycles. The van der Waals surface area contributed by atoms with Gasteiger partial charge in [0.25, 0.3) is 5.69 Å². The molecule has 0 amide bonds. The third-order valence-electron chi connectivity index (χ3n) is 4.52. The summed E-state index contributed by atoms with van der Waals surface area (Å²) < 4.78 is 31.9. The zero-order chi connectivity index (χ0) is 17.2. The quantitative estimate of drug-likeness (QED) is 0.606. The smallest absolute Gasteiger partial charge is 0.293 e. The molecule has 0 heterocycles. The van der Waals surface area contributed by atoms with Gasteiger partial charge in [-0.05, 0) is 43.7 Å². The van der Waals surface area contributed by atoms with Crippen LogP contribution in [0.1, 0.15) is 32.6 Å². The first-order chi connectivity index (χ1) is 10.8. The molecule has 0 bridgehead atoms. The van der Waals surface area contributed by atoms with Gasteiger partial charge in [-0.25, -0.2) is 8.42 Å². The second kappa shape index (κ2) is 6.84. The molecule has 0 saturated heterocycles. The molecular weight excluding hydrogens is 320 g/mol. The summed E-state index contributed by atoms with van der Waals surface area (Å²) in [6.45, 7) is 2.15. The summed E-state index contributed by atoms with van der Waals surface area (Å²) in [5.41, 5.74) is -0.458. The van der Waals surface area contributed by atoms with E-state index in [0.29, 0.717) is 5.92 Å². The van der Waals surface area contributed by atoms with E-state index in [2.05, 4.69) is 6.92 Å². The number of nitro groups is 1. The van der Waals surface area contributed by atoms with Crippen molar-refractivity contribution in [2.24, 2.45) is 5.92 Å². The van der Waals surface area contributed by atoms with Crippen molar-refractivity contribution >= 4 is 15.7 Å². The number of hydrogen-bond acceptors (Lipinski definition) is 5. The van der Waals surface area contributed by atoms with Crippen LogP contribution in [0.2, 0.25) is 0 Å². The monoisotopic (exact) mass is 342 g/mol. The zero-order valence-corrected chi connectivity index (χ0v) is 14.4. The van der Waals surface area contributed by atoms with E-state index in [4.69, 9.17) is 4.74 Å². The molecule has 0 unspecified atom stereocenters. The van der Waals surface area contributed by atoms with Crippen LogP contribution in [0.3, 0.4) is 0 Å². The van der Waals surface area contributed by atoms with E-state index < -0.39 is 20.6 Å². The number of methoxy groups -OCH3 is 1. The highest BCUT2D eigenvalue weighted by Crippen LogP contribution is 2.34. The van der Waals surface area contributed by atoms with Crippen molar-refractivity contribution in [2.75, 3.05) is 14.2 Å². The topological polar surface area (TPSA) is 89.8 Å². The molecule has 7 nitrogen and oxygen atoms in total. The van der Waals surface area contributed by atoms with Gasteiger partial charge in [-0.3, -0.25) is 10.1 Å². The molecule has 0 atom stereocenters. The van der Waals surface area contributed by atoms with Gasteiger partial charge in [0, 0.05) is 13.1 Å². The average Bonchev–Trinajstić information content (AvgIpc) is 2.54. The fourth-order valence-corrected chi connectivity index (χ4v) is 4.49. The maximum Gasteiger partial charge on any atom is 0.293 e. The van der Waals surface area contributed by atoms with Crippen molar-refractivity contribution in [3.8, 4) is 5.75 Å². The summed E-state index contributed by atoms with van der Waals surface area (Å²) in [5, 5.41) is 11.2. The van der Waals surface area contributed by atoms with Crippen LogP contribution >= 0.6 is 0 Å². The van der Waals surface area contributed by atoms with Gasteiger partial charge >= 0.3 is 0 Å². The molecule has 8 heteroatoms. The Morgan fingerprint density at radius 1 is 1.26 bits per heavy atom. The molecule has 0 aromatic heterocycles. The lowest BCUT2D eigenvalue weighted by atomic mass is 9.87. The summed E-state index contributed by atoms with van der Waals surface area (Å²) in [5.74, 6) is 0.850. The Bertz CT molecular complexity index is 681. The molecule has 0 radical (unpaired) electrons. The van der Waals surface area contributed by atoms with Crippen molar-refractivity contribution in [3.63, 3.8) is 0 Å². The summed E-state index contributed by atoms with van der Waals surface area (Å²) in [6, 6.07) is 3.70. The van der Waals surface area contributed by atoms with Crippen molar-refractivity contribution in [1.29, 1.82) is 0 Å². The first-order valence-corrected chi connectivity index (χ1v) is 9.02. The van der Waals surface area contributed by atoms with Crippen molar-refractivity contribution in [3.05, 3.63) is 28.3 Å². The van der Waals surface area contributed by atoms with E-state index in [9.17, 15) is 18.5 Å². The van der Waals surface area contributed by atoms with Crippen molar-refractivity contribution in [1.82, 2.24) is 4.31 Å². The van der Waals surface area contributed by atoms with Crippen LogP contribution in [0.4, 0.5) is 5.69 Å². The molecule has 1 aliphatic rings. The molecule has 128 valence electrons. The minimum Gasteiger partial charge on any atom is -0.497 e. The predicted octanol–water partition coefficient (Wildman–Crippen LogP) is 2.80. The summed E-state index contributed by atoms with van der Waals surface area (Å²) >= 11 is 0. The van der Waals surface area contributed by atoms with E-state index >= 15 is 0 Å². The molecule has 1 aromatic rings. The Morgan fingerprint density at radius 2 is 1.87 bits per heavy atom. The number of rotatable bonds is 5. The number of nitrogens with zero attached hydrogens (tertiary/aromatic N) is 2. The van der Waals surface area contributed by atoms with Crippen molar-refractivity contribution < 1.29 is 18.1 Å². The molecule has 1 aliphatic carbocycles. The van der Waals surface area contributed by atoms with E-state index in [1.54, 1.807) is 0 Å². The largest absolute Gasteiger partial charge is 0.497 e. The van der Waals surface area contributed by atoms with Crippen LogP contribution in [0.25, 0.3) is 0 Å². The minimum absolute atomic E-state index is 0.113. The first kappa shape index (κ1) is 17.7. The molecule has 0 aliphatic heterocycles. The number of nitro benzene ring substituents is 1. The SMILES string of the molecule is COc1ccc(S(=O)(=O)N(C)C2CCC(C)CC2)c([N+](=O)[O-])c1. The highest BCUT2D eigenvalue weighted by molar-refractivity contribution is 7.89. The Kier molecular flexibility index (Phi) is 5.26. The van der Waals surface area contributed by atoms with Crippen LogP contribution in [0.15, 0.2) is 23.1 Å². The summed E-state index contributed by atoms with van der Waals surface area (Å²) in [4.78, 5) is 10.3. The van der Waals surface area contributed by atoms with Gasteiger partial charge in [-0.2, -0.15) is 4.31 Å². The van der Waals surface area contributed by atoms with Crippen LogP contribution in [0.5, 0.6) is 5.75 Å². The van der Waals surface area contributed by atoms with E-state index in [-0.39, 0.29) is 16.7 Å². The maximum atomic E-state index is 12.8. The van der Waals surface area contributed by atoms with Gasteiger partial charge in [0.1, 0.15) is 5.75 Å². The van der Waals surface area contributed by atoms with E-state index in [1.165, 1.54) is 30.6 Å². The number of sulfonamides is 1. The molecule has 23 heavy (non-hydrogen) atoms. The van der Waals surface area contributed by atoms with Crippen molar-refractivity contribution in [2.45, 2.75) is 43.5 Å². The van der Waals surface area contributed by atoms with Crippen LogP contribution in [0, 0.1) is 16.0 Å². The van der Waals surface area contributed by atoms with Gasteiger partial charge in [0.2, 0.25) is 10.0 Å². The lowest BCUT2D eigenvalue weighted by Crippen LogP contribution is -2.39. The zero-order valence-electron chi connectivity index (χ0n) is 13.6. The number of benzene rings is 1. The summed E-state index contributed by atoms with van der Waals surface area (Å²) in [6.07, 6.45) is 3.49. The fourth-order valence-electron chi connectivity index (χ4n) is 2.94. The second-order valence-corrected chi connectivity index (χ2v) is 7.99. The third kappa shape index (κ3) is 3.64. The standard InChI is InChI=1S/C15H22N2O5S/c1-11-4-6-12(7-5-11)16(2)23(20,21)15-9-8-13(22-3)10-14(15)17(18)19/h8-12H,4-7H2,1-3H3. The normalized spacial score (nSPS) is 22.1. The van der Waals surface area contributed by atoms with E-state index in [1.807, 2.05) is 0 Å². The van der Waals surface area contributed by atoms with Gasteiger partial charge in [0.05, 0.1) is 18.1 Å². The van der Waals surface area contributed by atoms with Gasteiger partial charge in [-0.1, -0.05) is 6.92 Å². The summed E-state index contributed by atoms with van der Waals surface area (Å²) in [7, 11) is -1.04. The molecule has 0 spiro atoms. The number of ether oxygens (including phenoxy) is 1. The van der Waals surface area contributed by atoms with Crippen LogP contribution < -0.4 is 4.74 Å². The minimum atomic E-state index is -3.92. The molecule has 1 aromatic carbocycles. The van der Waals surface area contributed by atoms with Crippen LogP contribution in [-0.4, -0.2) is 37.8 Å². The maximum absolute atomic E-state index is 12.8. The van der Waals surface area contributed by atoms with Gasteiger partial charge in [0.15, 0.2) is 4.90 Å². The highest BCUT2D eigenvalue weighted by Gasteiger charge is 2.35. The Labute approximate surface area is 136 Å². The Morgan fingerprint density at radius 3 is 2.39 bits per heavy atom. The van der Waals surface area contributed by atoms with Gasteiger partial charge < -0.3 is 4.74 Å². The lowest BCUT2D eigenvalue weighted by Gasteiger charge is -2.32. The first-order valence-electron chi connectivity index (χ1n) is 7.57. The molecule has 0 N–H and O–H groups in total. The highest BCUT2D eigenvalue weighted by atomic mass is 32.2. The Balaban J connectivity index is 2.37.